The molecule has 0 unspecified atom stereocenters. The van der Waals surface area contributed by atoms with Crippen LogP contribution in [-0.4, -0.2) is 62.7 Å². The van der Waals surface area contributed by atoms with Crippen LogP contribution in [-0.2, 0) is 22.1 Å². The number of benzene rings is 1. The summed E-state index contributed by atoms with van der Waals surface area (Å²) in [6.45, 7) is 1.65. The highest BCUT2D eigenvalue weighted by Crippen LogP contribution is 2.39. The molecule has 2 atom stereocenters. The van der Waals surface area contributed by atoms with Crippen LogP contribution in [0, 0.1) is 5.92 Å². The number of ether oxygens (including phenoxy) is 1. The summed E-state index contributed by atoms with van der Waals surface area (Å²) in [4.78, 5) is 29.4. The third-order valence-electron chi connectivity index (χ3n) is 6.00. The van der Waals surface area contributed by atoms with E-state index in [0.29, 0.717) is 37.5 Å². The summed E-state index contributed by atoms with van der Waals surface area (Å²) in [7, 11) is 1.52. The summed E-state index contributed by atoms with van der Waals surface area (Å²) in [5, 5.41) is 2.80. The van der Waals surface area contributed by atoms with Crippen molar-refractivity contribution >= 4 is 17.5 Å². The molecule has 2 amide bonds. The zero-order valence-electron chi connectivity index (χ0n) is 17.5. The smallest absolute Gasteiger partial charge is 0.416 e. The minimum atomic E-state index is -4.46. The highest BCUT2D eigenvalue weighted by Gasteiger charge is 2.43. The fourth-order valence-electron chi connectivity index (χ4n) is 4.45. The van der Waals surface area contributed by atoms with E-state index in [9.17, 15) is 22.8 Å². The number of alkyl halides is 3. The number of furan rings is 1. The molecule has 32 heavy (non-hydrogen) atoms. The van der Waals surface area contributed by atoms with Gasteiger partial charge in [0.05, 0.1) is 30.4 Å². The molecular formula is C22H24F3N3O4. The van der Waals surface area contributed by atoms with Gasteiger partial charge in [0.15, 0.2) is 5.76 Å². The quantitative estimate of drug-likeness (QED) is 0.708. The molecule has 4 rings (SSSR count). The number of halogens is 3. The SMILES string of the molecule is COCCNC(=O)[C@H]1Cc2cc(C(F)(F)F)ccc2N2CCN(C(=O)c3ccco3)C[C@H]12. The van der Waals surface area contributed by atoms with Crippen molar-refractivity contribution in [2.45, 2.75) is 18.6 Å². The second-order valence-electron chi connectivity index (χ2n) is 7.92. The number of carbonyl (C=O) groups is 2. The molecule has 1 fully saturated rings. The maximum absolute atomic E-state index is 13.3. The predicted octanol–water partition coefficient (Wildman–Crippen LogP) is 2.56. The summed E-state index contributed by atoms with van der Waals surface area (Å²) >= 11 is 0. The van der Waals surface area contributed by atoms with Crippen LogP contribution in [0.3, 0.4) is 0 Å². The first-order valence-corrected chi connectivity index (χ1v) is 10.4. The molecular weight excluding hydrogens is 427 g/mol. The summed E-state index contributed by atoms with van der Waals surface area (Å²) in [6.07, 6.45) is -2.89. The van der Waals surface area contributed by atoms with Crippen molar-refractivity contribution in [3.63, 3.8) is 0 Å². The molecule has 3 heterocycles. The molecule has 2 aliphatic rings. The van der Waals surface area contributed by atoms with Crippen LogP contribution in [0.4, 0.5) is 18.9 Å². The standard InChI is InChI=1S/C22H24F3N3O4/c1-31-10-6-26-20(29)16-12-14-11-15(22(23,24)25)4-5-17(14)28-8-7-27(13-18(16)28)21(30)19-3-2-9-32-19/h2-5,9,11,16,18H,6-8,10,12-13H2,1H3,(H,26,29)/t16-,18+/m0/s1. The number of rotatable bonds is 5. The molecule has 0 bridgehead atoms. The van der Waals surface area contributed by atoms with Gasteiger partial charge in [0, 0.05) is 39.0 Å². The first-order valence-electron chi connectivity index (χ1n) is 10.4. The number of methoxy groups -OCH3 is 1. The Morgan fingerprint density at radius 3 is 2.75 bits per heavy atom. The van der Waals surface area contributed by atoms with Gasteiger partial charge in [-0.05, 0) is 42.3 Å². The number of hydrogen-bond acceptors (Lipinski definition) is 5. The third kappa shape index (κ3) is 4.32. The normalized spacial score (nSPS) is 20.5. The van der Waals surface area contributed by atoms with E-state index in [2.05, 4.69) is 5.32 Å². The molecule has 0 spiro atoms. The van der Waals surface area contributed by atoms with Gasteiger partial charge >= 0.3 is 6.18 Å². The van der Waals surface area contributed by atoms with Gasteiger partial charge < -0.3 is 24.3 Å². The maximum atomic E-state index is 13.3. The monoisotopic (exact) mass is 451 g/mol. The number of hydrogen-bond donors (Lipinski definition) is 1. The van der Waals surface area contributed by atoms with Crippen LogP contribution < -0.4 is 10.2 Å². The molecule has 1 aromatic heterocycles. The first kappa shape index (κ1) is 22.2. The summed E-state index contributed by atoms with van der Waals surface area (Å²) in [6, 6.07) is 6.50. The van der Waals surface area contributed by atoms with Gasteiger partial charge in [-0.2, -0.15) is 13.2 Å². The van der Waals surface area contributed by atoms with Crippen molar-refractivity contribution in [1.82, 2.24) is 10.2 Å². The summed E-state index contributed by atoms with van der Waals surface area (Å²) in [5.41, 5.74) is 0.419. The van der Waals surface area contributed by atoms with Crippen molar-refractivity contribution in [2.75, 3.05) is 44.8 Å². The van der Waals surface area contributed by atoms with Crippen molar-refractivity contribution in [3.8, 4) is 0 Å². The Kier molecular flexibility index (Phi) is 6.14. The molecule has 7 nitrogen and oxygen atoms in total. The molecule has 2 aromatic rings. The summed E-state index contributed by atoms with van der Waals surface area (Å²) < 4.78 is 50.0. The fraction of sp³-hybridized carbons (Fsp3) is 0.455. The van der Waals surface area contributed by atoms with Crippen LogP contribution in [0.5, 0.6) is 0 Å². The molecule has 172 valence electrons. The highest BCUT2D eigenvalue weighted by atomic mass is 19.4. The third-order valence-corrected chi connectivity index (χ3v) is 6.00. The Labute approximate surface area is 183 Å². The number of fused-ring (bicyclic) bond motifs is 3. The predicted molar refractivity (Wildman–Crippen MR) is 109 cm³/mol. The van der Waals surface area contributed by atoms with Crippen LogP contribution >= 0.6 is 0 Å². The number of anilines is 1. The first-order chi connectivity index (χ1) is 15.3. The van der Waals surface area contributed by atoms with Crippen LogP contribution in [0.25, 0.3) is 0 Å². The topological polar surface area (TPSA) is 75.0 Å². The van der Waals surface area contributed by atoms with Crippen molar-refractivity contribution in [2.24, 2.45) is 5.92 Å². The van der Waals surface area contributed by atoms with Crippen LogP contribution in [0.15, 0.2) is 41.0 Å². The molecule has 2 aliphatic heterocycles. The van der Waals surface area contributed by atoms with E-state index in [4.69, 9.17) is 9.15 Å². The van der Waals surface area contributed by atoms with E-state index < -0.39 is 17.7 Å². The van der Waals surface area contributed by atoms with Crippen LogP contribution in [0.2, 0.25) is 0 Å². The largest absolute Gasteiger partial charge is 0.459 e. The van der Waals surface area contributed by atoms with Crippen molar-refractivity contribution in [3.05, 3.63) is 53.5 Å². The molecule has 0 aliphatic carbocycles. The number of piperazine rings is 1. The fourth-order valence-corrected chi connectivity index (χ4v) is 4.45. The minimum absolute atomic E-state index is 0.155. The van der Waals surface area contributed by atoms with Gasteiger partial charge in [-0.3, -0.25) is 9.59 Å². The number of nitrogens with one attached hydrogen (secondary N) is 1. The van der Waals surface area contributed by atoms with Crippen molar-refractivity contribution < 1.29 is 31.9 Å². The molecule has 0 saturated carbocycles. The molecule has 1 saturated heterocycles. The summed E-state index contributed by atoms with van der Waals surface area (Å²) in [5.74, 6) is -0.945. The Bertz CT molecular complexity index is 977. The second kappa shape index (κ2) is 8.85. The lowest BCUT2D eigenvalue weighted by Crippen LogP contribution is -2.62. The van der Waals surface area contributed by atoms with E-state index in [0.717, 1.165) is 12.1 Å². The van der Waals surface area contributed by atoms with E-state index in [1.807, 2.05) is 4.90 Å². The Balaban J connectivity index is 1.63. The number of nitrogens with zero attached hydrogens (tertiary/aromatic N) is 2. The van der Waals surface area contributed by atoms with Gasteiger partial charge in [0.2, 0.25) is 5.91 Å². The zero-order valence-corrected chi connectivity index (χ0v) is 17.5. The average molecular weight is 451 g/mol. The van der Waals surface area contributed by atoms with E-state index in [1.165, 1.54) is 19.4 Å². The lowest BCUT2D eigenvalue weighted by atomic mass is 9.82. The maximum Gasteiger partial charge on any atom is 0.416 e. The minimum Gasteiger partial charge on any atom is -0.459 e. The van der Waals surface area contributed by atoms with E-state index >= 15 is 0 Å². The Morgan fingerprint density at radius 1 is 1.25 bits per heavy atom. The van der Waals surface area contributed by atoms with Crippen molar-refractivity contribution in [1.29, 1.82) is 0 Å². The van der Waals surface area contributed by atoms with Gasteiger partial charge in [-0.1, -0.05) is 0 Å². The Morgan fingerprint density at radius 2 is 2.06 bits per heavy atom. The zero-order chi connectivity index (χ0) is 22.9. The molecule has 10 heteroatoms. The van der Waals surface area contributed by atoms with Gasteiger partial charge in [-0.15, -0.1) is 0 Å². The van der Waals surface area contributed by atoms with Crippen LogP contribution in [0.1, 0.15) is 21.7 Å². The lowest BCUT2D eigenvalue weighted by molar-refractivity contribution is -0.137. The highest BCUT2D eigenvalue weighted by molar-refractivity contribution is 5.92. The second-order valence-corrected chi connectivity index (χ2v) is 7.92. The van der Waals surface area contributed by atoms with E-state index in [1.54, 1.807) is 17.0 Å². The molecule has 1 N–H and O–H groups in total. The number of amides is 2. The van der Waals surface area contributed by atoms with Gasteiger partial charge in [0.25, 0.3) is 5.91 Å². The Hall–Kier alpha value is -3.01. The van der Waals surface area contributed by atoms with E-state index in [-0.39, 0.29) is 36.6 Å². The lowest BCUT2D eigenvalue weighted by Gasteiger charge is -2.49. The van der Waals surface area contributed by atoms with Gasteiger partial charge in [-0.25, -0.2) is 0 Å². The average Bonchev–Trinajstić information content (AvgIpc) is 3.31. The molecule has 0 radical (unpaired) electrons. The molecule has 1 aromatic carbocycles. The number of carbonyl (C=O) groups excluding carboxylic acids is 2. The van der Waals surface area contributed by atoms with Gasteiger partial charge in [0.1, 0.15) is 0 Å².